The molecule has 3 rings (SSSR count). The van der Waals surface area contributed by atoms with Gasteiger partial charge < -0.3 is 19.3 Å². The summed E-state index contributed by atoms with van der Waals surface area (Å²) in [6, 6.07) is 13.0. The van der Waals surface area contributed by atoms with Crippen LogP contribution in [0.1, 0.15) is 26.4 Å². The summed E-state index contributed by atoms with van der Waals surface area (Å²) in [5, 5.41) is 1.98. The third-order valence-electron chi connectivity index (χ3n) is 5.54. The Balaban J connectivity index is 1.85. The largest absolute Gasteiger partial charge is 0.497 e. The quantitative estimate of drug-likeness (QED) is 0.348. The Bertz CT molecular complexity index is 1180. The zero-order chi connectivity index (χ0) is 25.4. The second-order valence-electron chi connectivity index (χ2n) is 7.94. The van der Waals surface area contributed by atoms with Crippen LogP contribution in [0.5, 0.6) is 11.5 Å². The monoisotopic (exact) mass is 496 g/mol. The maximum Gasteiger partial charge on any atom is 0.258 e. The van der Waals surface area contributed by atoms with Crippen molar-refractivity contribution in [1.29, 1.82) is 0 Å². The number of hydrogen-bond donors (Lipinski definition) is 0. The first kappa shape index (κ1) is 26.0. The highest BCUT2D eigenvalue weighted by Gasteiger charge is 2.25. The van der Waals surface area contributed by atoms with Crippen LogP contribution in [-0.2, 0) is 17.9 Å². The van der Waals surface area contributed by atoms with Crippen LogP contribution in [0.3, 0.4) is 0 Å². The first-order valence-electron chi connectivity index (χ1n) is 11.0. The van der Waals surface area contributed by atoms with Crippen molar-refractivity contribution in [2.45, 2.75) is 20.0 Å². The predicted molar refractivity (Wildman–Crippen MR) is 135 cm³/mol. The summed E-state index contributed by atoms with van der Waals surface area (Å²) >= 11 is 1.57. The molecule has 8 heteroatoms. The normalized spacial score (nSPS) is 10.5. The van der Waals surface area contributed by atoms with Crippen molar-refractivity contribution in [2.75, 3.05) is 27.3 Å². The van der Waals surface area contributed by atoms with Gasteiger partial charge in [0.15, 0.2) is 0 Å². The second kappa shape index (κ2) is 12.2. The van der Waals surface area contributed by atoms with Crippen molar-refractivity contribution in [2.24, 2.45) is 0 Å². The molecule has 0 aliphatic rings. The van der Waals surface area contributed by atoms with Gasteiger partial charge in [-0.25, -0.2) is 4.39 Å². The molecule has 0 unspecified atom stereocenters. The Morgan fingerprint density at radius 2 is 1.77 bits per heavy atom. The van der Waals surface area contributed by atoms with Crippen molar-refractivity contribution >= 4 is 23.2 Å². The summed E-state index contributed by atoms with van der Waals surface area (Å²) in [4.78, 5) is 31.1. The highest BCUT2D eigenvalue weighted by atomic mass is 32.1. The number of halogens is 1. The minimum absolute atomic E-state index is 0.147. The molecule has 0 aliphatic heterocycles. The Hall–Kier alpha value is -3.65. The summed E-state index contributed by atoms with van der Waals surface area (Å²) < 4.78 is 24.0. The highest BCUT2D eigenvalue weighted by Crippen LogP contribution is 2.26. The van der Waals surface area contributed by atoms with E-state index in [9.17, 15) is 14.0 Å². The van der Waals surface area contributed by atoms with Gasteiger partial charge in [-0.05, 0) is 53.8 Å². The van der Waals surface area contributed by atoms with Crippen LogP contribution in [-0.4, -0.2) is 48.9 Å². The Labute approximate surface area is 209 Å². The molecule has 2 amide bonds. The molecule has 0 spiro atoms. The number of methoxy groups -OCH3 is 2. The molecule has 0 radical (unpaired) electrons. The van der Waals surface area contributed by atoms with E-state index in [4.69, 9.17) is 9.47 Å². The number of carbonyl (C=O) groups is 2. The molecule has 0 atom stereocenters. The molecule has 184 valence electrons. The fourth-order valence-electron chi connectivity index (χ4n) is 3.57. The van der Waals surface area contributed by atoms with Gasteiger partial charge in [0.05, 0.1) is 26.3 Å². The molecular weight excluding hydrogens is 467 g/mol. The number of aryl methyl sites for hydroxylation is 1. The van der Waals surface area contributed by atoms with E-state index < -0.39 is 0 Å². The molecule has 0 saturated carbocycles. The average Bonchev–Trinajstić information content (AvgIpc) is 3.27. The number of ether oxygens (including phenoxy) is 2. The van der Waals surface area contributed by atoms with E-state index in [0.717, 1.165) is 16.0 Å². The number of carbonyl (C=O) groups excluding carboxylic acids is 2. The van der Waals surface area contributed by atoms with Crippen LogP contribution in [0, 0.1) is 12.7 Å². The van der Waals surface area contributed by atoms with Crippen molar-refractivity contribution in [3.8, 4) is 11.5 Å². The van der Waals surface area contributed by atoms with Gasteiger partial charge in [-0.15, -0.1) is 17.9 Å². The summed E-state index contributed by atoms with van der Waals surface area (Å²) in [5.74, 6) is -0.0108. The molecule has 1 heterocycles. The van der Waals surface area contributed by atoms with Gasteiger partial charge in [-0.3, -0.25) is 9.59 Å². The van der Waals surface area contributed by atoms with Gasteiger partial charge in [-0.2, -0.15) is 0 Å². The molecular formula is C27H29FN2O4S. The summed E-state index contributed by atoms with van der Waals surface area (Å²) in [6.07, 6.45) is 1.58. The smallest absolute Gasteiger partial charge is 0.258 e. The number of benzene rings is 2. The molecule has 0 saturated heterocycles. The van der Waals surface area contributed by atoms with E-state index >= 15 is 0 Å². The van der Waals surface area contributed by atoms with Crippen LogP contribution in [0.2, 0.25) is 0 Å². The zero-order valence-corrected chi connectivity index (χ0v) is 20.9. The Morgan fingerprint density at radius 1 is 1.03 bits per heavy atom. The minimum Gasteiger partial charge on any atom is -0.497 e. The molecule has 6 nitrogen and oxygen atoms in total. The van der Waals surface area contributed by atoms with Crippen molar-refractivity contribution in [1.82, 2.24) is 9.80 Å². The van der Waals surface area contributed by atoms with Crippen molar-refractivity contribution < 1.29 is 23.5 Å². The zero-order valence-electron chi connectivity index (χ0n) is 20.1. The molecule has 3 aromatic rings. The molecule has 0 N–H and O–H groups in total. The van der Waals surface area contributed by atoms with Gasteiger partial charge in [-0.1, -0.05) is 18.2 Å². The van der Waals surface area contributed by atoms with E-state index in [2.05, 4.69) is 6.58 Å². The Morgan fingerprint density at radius 3 is 2.37 bits per heavy atom. The number of hydrogen-bond acceptors (Lipinski definition) is 5. The van der Waals surface area contributed by atoms with Gasteiger partial charge in [0.25, 0.3) is 5.91 Å². The molecule has 0 fully saturated rings. The van der Waals surface area contributed by atoms with Gasteiger partial charge in [0.1, 0.15) is 23.9 Å². The van der Waals surface area contributed by atoms with E-state index in [1.807, 2.05) is 18.4 Å². The number of thiophene rings is 1. The fourth-order valence-corrected chi connectivity index (χ4v) is 4.49. The maximum atomic E-state index is 13.5. The molecule has 35 heavy (non-hydrogen) atoms. The van der Waals surface area contributed by atoms with E-state index in [0.29, 0.717) is 30.2 Å². The molecule has 1 aromatic heterocycles. The third kappa shape index (κ3) is 6.70. The lowest BCUT2D eigenvalue weighted by atomic mass is 10.1. The topological polar surface area (TPSA) is 59.1 Å². The standard InChI is InChI=1S/C27H29FN2O4S/c1-5-13-29(27(32)23-11-10-22(33-3)15-24(23)34-4)18-26(31)30(17-25-19(2)12-14-35-25)16-20-6-8-21(28)9-7-20/h5-12,14-15H,1,13,16-18H2,2-4H3. The second-order valence-corrected chi connectivity index (χ2v) is 8.94. The predicted octanol–water partition coefficient (Wildman–Crippen LogP) is 5.07. The first-order chi connectivity index (χ1) is 16.9. The first-order valence-corrected chi connectivity index (χ1v) is 11.9. The van der Waals surface area contributed by atoms with Crippen LogP contribution in [0.25, 0.3) is 0 Å². The minimum atomic E-state index is -0.355. The third-order valence-corrected chi connectivity index (χ3v) is 6.55. The number of nitrogens with zero attached hydrogens (tertiary/aromatic N) is 2. The highest BCUT2D eigenvalue weighted by molar-refractivity contribution is 7.10. The number of rotatable bonds is 11. The van der Waals surface area contributed by atoms with Crippen molar-refractivity contribution in [3.63, 3.8) is 0 Å². The average molecular weight is 497 g/mol. The van der Waals surface area contributed by atoms with E-state index in [1.54, 1.807) is 52.6 Å². The van der Waals surface area contributed by atoms with E-state index in [-0.39, 0.29) is 30.7 Å². The Kier molecular flexibility index (Phi) is 9.03. The number of amides is 2. The molecule has 0 bridgehead atoms. The lowest BCUT2D eigenvalue weighted by molar-refractivity contribution is -0.133. The lowest BCUT2D eigenvalue weighted by Gasteiger charge is -2.28. The maximum absolute atomic E-state index is 13.5. The molecule has 0 aliphatic carbocycles. The van der Waals surface area contributed by atoms with Gasteiger partial charge in [0.2, 0.25) is 5.91 Å². The summed E-state index contributed by atoms with van der Waals surface area (Å²) in [5.41, 5.74) is 2.21. The fraction of sp³-hybridized carbons (Fsp3) is 0.259. The van der Waals surface area contributed by atoms with Crippen molar-refractivity contribution in [3.05, 3.63) is 94.0 Å². The van der Waals surface area contributed by atoms with Crippen LogP contribution in [0.15, 0.2) is 66.6 Å². The van der Waals surface area contributed by atoms with E-state index in [1.165, 1.54) is 31.3 Å². The summed E-state index contributed by atoms with van der Waals surface area (Å²) in [6.45, 7) is 6.46. The van der Waals surface area contributed by atoms with Gasteiger partial charge >= 0.3 is 0 Å². The van der Waals surface area contributed by atoms with Crippen LogP contribution < -0.4 is 9.47 Å². The van der Waals surface area contributed by atoms with Crippen LogP contribution >= 0.6 is 11.3 Å². The van der Waals surface area contributed by atoms with Gasteiger partial charge in [0, 0.05) is 24.0 Å². The van der Waals surface area contributed by atoms with Crippen LogP contribution in [0.4, 0.5) is 4.39 Å². The SMILES string of the molecule is C=CCN(CC(=O)N(Cc1ccc(F)cc1)Cc1sccc1C)C(=O)c1ccc(OC)cc1OC. The summed E-state index contributed by atoms with van der Waals surface area (Å²) in [7, 11) is 3.01. The molecule has 2 aromatic carbocycles. The lowest BCUT2D eigenvalue weighted by Crippen LogP contribution is -2.42.